The number of nitrogens with one attached hydrogen (secondary N) is 1. The Balaban J connectivity index is 2.45. The molecule has 0 spiro atoms. The monoisotopic (exact) mass is 293 g/mol. The van der Waals surface area contributed by atoms with E-state index in [9.17, 15) is 4.79 Å². The summed E-state index contributed by atoms with van der Waals surface area (Å²) >= 11 is 5.22. The second-order valence-corrected chi connectivity index (χ2v) is 6.63. The molecule has 1 rings (SSSR count). The summed E-state index contributed by atoms with van der Waals surface area (Å²) in [6, 6.07) is 0.329. The van der Waals surface area contributed by atoms with Crippen LogP contribution in [0, 0.1) is 0 Å². The molecule has 0 aromatic carbocycles. The van der Waals surface area contributed by atoms with Crippen molar-refractivity contribution in [3.8, 4) is 0 Å². The molecule has 1 amide bonds. The van der Waals surface area contributed by atoms with Gasteiger partial charge in [0, 0.05) is 11.4 Å². The van der Waals surface area contributed by atoms with Crippen LogP contribution in [-0.4, -0.2) is 27.8 Å². The highest BCUT2D eigenvalue weighted by atomic mass is 79.9. The van der Waals surface area contributed by atoms with Gasteiger partial charge in [-0.1, -0.05) is 22.9 Å². The van der Waals surface area contributed by atoms with Gasteiger partial charge in [-0.05, 0) is 38.4 Å². The van der Waals surface area contributed by atoms with Crippen molar-refractivity contribution in [3.05, 3.63) is 0 Å². The van der Waals surface area contributed by atoms with E-state index in [0.29, 0.717) is 6.04 Å². The fourth-order valence-corrected chi connectivity index (χ4v) is 3.58. The van der Waals surface area contributed by atoms with Crippen molar-refractivity contribution in [1.82, 2.24) is 5.32 Å². The largest absolute Gasteiger partial charge is 0.352 e. The van der Waals surface area contributed by atoms with E-state index in [1.807, 2.05) is 0 Å². The molecule has 4 heteroatoms. The molecule has 1 aliphatic heterocycles. The SMILES string of the molecule is CCC(CCBr)NC(=O)C1(C)CCCS1. The number of thioether (sulfide) groups is 1. The maximum absolute atomic E-state index is 12.1. The van der Waals surface area contributed by atoms with Crippen LogP contribution in [0.2, 0.25) is 0 Å². The van der Waals surface area contributed by atoms with Crippen LogP contribution < -0.4 is 5.32 Å². The summed E-state index contributed by atoms with van der Waals surface area (Å²) in [7, 11) is 0. The number of hydrogen-bond acceptors (Lipinski definition) is 2. The minimum Gasteiger partial charge on any atom is -0.352 e. The van der Waals surface area contributed by atoms with Gasteiger partial charge >= 0.3 is 0 Å². The predicted molar refractivity (Wildman–Crippen MR) is 70.7 cm³/mol. The molecule has 1 aliphatic rings. The molecule has 0 aliphatic carbocycles. The molecule has 1 fully saturated rings. The van der Waals surface area contributed by atoms with Crippen LogP contribution in [0.4, 0.5) is 0 Å². The number of alkyl halides is 1. The van der Waals surface area contributed by atoms with Gasteiger partial charge in [-0.15, -0.1) is 11.8 Å². The van der Waals surface area contributed by atoms with E-state index < -0.39 is 0 Å². The van der Waals surface area contributed by atoms with Crippen molar-refractivity contribution in [3.63, 3.8) is 0 Å². The highest BCUT2D eigenvalue weighted by molar-refractivity contribution is 9.09. The Hall–Kier alpha value is 0.300. The number of hydrogen-bond donors (Lipinski definition) is 1. The Kier molecular flexibility index (Phi) is 5.47. The molecule has 15 heavy (non-hydrogen) atoms. The van der Waals surface area contributed by atoms with Crippen LogP contribution in [0.5, 0.6) is 0 Å². The summed E-state index contributed by atoms with van der Waals surface area (Å²) in [6.07, 6.45) is 4.22. The van der Waals surface area contributed by atoms with E-state index >= 15 is 0 Å². The van der Waals surface area contributed by atoms with E-state index in [1.54, 1.807) is 11.8 Å². The Morgan fingerprint density at radius 1 is 1.67 bits per heavy atom. The quantitative estimate of drug-likeness (QED) is 0.790. The first kappa shape index (κ1) is 13.4. The summed E-state index contributed by atoms with van der Waals surface area (Å²) in [5, 5.41) is 4.11. The highest BCUT2D eigenvalue weighted by Gasteiger charge is 2.37. The first-order valence-corrected chi connectivity index (χ1v) is 7.74. The van der Waals surface area contributed by atoms with E-state index in [4.69, 9.17) is 0 Å². The fraction of sp³-hybridized carbons (Fsp3) is 0.909. The van der Waals surface area contributed by atoms with Gasteiger partial charge in [0.25, 0.3) is 0 Å². The molecule has 0 bridgehead atoms. The van der Waals surface area contributed by atoms with Gasteiger partial charge < -0.3 is 5.32 Å². The molecular formula is C11H20BrNOS. The third-order valence-electron chi connectivity index (χ3n) is 2.98. The number of amides is 1. The lowest BCUT2D eigenvalue weighted by molar-refractivity contribution is -0.123. The van der Waals surface area contributed by atoms with Gasteiger partial charge in [0.2, 0.25) is 5.91 Å². The molecule has 88 valence electrons. The minimum atomic E-state index is -0.167. The van der Waals surface area contributed by atoms with E-state index in [1.165, 1.54) is 6.42 Å². The van der Waals surface area contributed by atoms with E-state index in [0.717, 1.165) is 30.3 Å². The van der Waals surface area contributed by atoms with Crippen molar-refractivity contribution in [1.29, 1.82) is 0 Å². The third-order valence-corrected chi connectivity index (χ3v) is 4.96. The molecule has 0 aromatic rings. The van der Waals surface area contributed by atoms with Crippen molar-refractivity contribution >= 4 is 33.6 Å². The maximum atomic E-state index is 12.1. The first-order chi connectivity index (χ1) is 7.12. The first-order valence-electron chi connectivity index (χ1n) is 5.63. The topological polar surface area (TPSA) is 29.1 Å². The average Bonchev–Trinajstić information content (AvgIpc) is 2.65. The predicted octanol–water partition coefficient (Wildman–Crippen LogP) is 2.95. The molecule has 0 aromatic heterocycles. The molecule has 0 radical (unpaired) electrons. The van der Waals surface area contributed by atoms with Gasteiger partial charge in [-0.2, -0.15) is 0 Å². The Labute approximate surface area is 105 Å². The lowest BCUT2D eigenvalue weighted by Gasteiger charge is -2.25. The summed E-state index contributed by atoms with van der Waals surface area (Å²) in [4.78, 5) is 12.1. The lowest BCUT2D eigenvalue weighted by atomic mass is 10.0. The standard InChI is InChI=1S/C11H20BrNOS/c1-3-9(5-7-12)13-10(14)11(2)6-4-8-15-11/h9H,3-8H2,1-2H3,(H,13,14). The van der Waals surface area contributed by atoms with Gasteiger partial charge in [0.1, 0.15) is 0 Å². The van der Waals surface area contributed by atoms with Crippen LogP contribution in [0.25, 0.3) is 0 Å². The van der Waals surface area contributed by atoms with Crippen molar-refractivity contribution < 1.29 is 4.79 Å². The van der Waals surface area contributed by atoms with E-state index in [2.05, 4.69) is 35.1 Å². The zero-order valence-corrected chi connectivity index (χ0v) is 11.9. The van der Waals surface area contributed by atoms with Crippen LogP contribution in [0.15, 0.2) is 0 Å². The van der Waals surface area contributed by atoms with Gasteiger partial charge in [0.05, 0.1) is 4.75 Å². The van der Waals surface area contributed by atoms with Crippen LogP contribution in [-0.2, 0) is 4.79 Å². The minimum absolute atomic E-state index is 0.167. The molecule has 1 saturated heterocycles. The Morgan fingerprint density at radius 3 is 2.87 bits per heavy atom. The molecule has 2 nitrogen and oxygen atoms in total. The Bertz CT molecular complexity index is 217. The van der Waals surface area contributed by atoms with Crippen LogP contribution in [0.1, 0.15) is 39.5 Å². The summed E-state index contributed by atoms with van der Waals surface area (Å²) < 4.78 is -0.167. The molecular weight excluding hydrogens is 274 g/mol. The normalized spacial score (nSPS) is 27.7. The number of carbonyl (C=O) groups excluding carboxylic acids is 1. The second kappa shape index (κ2) is 6.14. The zero-order valence-electron chi connectivity index (χ0n) is 9.51. The molecule has 0 saturated carbocycles. The molecule has 1 heterocycles. The fourth-order valence-electron chi connectivity index (χ4n) is 1.81. The average molecular weight is 294 g/mol. The summed E-state index contributed by atoms with van der Waals surface area (Å²) in [6.45, 7) is 4.19. The van der Waals surface area contributed by atoms with Gasteiger partial charge in [-0.3, -0.25) is 4.79 Å². The second-order valence-electron chi connectivity index (χ2n) is 4.24. The van der Waals surface area contributed by atoms with Gasteiger partial charge in [-0.25, -0.2) is 0 Å². The maximum Gasteiger partial charge on any atom is 0.236 e. The van der Waals surface area contributed by atoms with Crippen molar-refractivity contribution in [2.45, 2.75) is 50.3 Å². The molecule has 2 unspecified atom stereocenters. The van der Waals surface area contributed by atoms with Crippen molar-refractivity contribution in [2.75, 3.05) is 11.1 Å². The zero-order chi connectivity index (χ0) is 11.3. The molecule has 1 N–H and O–H groups in total. The third kappa shape index (κ3) is 3.66. The highest BCUT2D eigenvalue weighted by Crippen LogP contribution is 2.37. The number of carbonyl (C=O) groups is 1. The smallest absolute Gasteiger partial charge is 0.236 e. The number of rotatable bonds is 5. The molecule has 2 atom stereocenters. The summed E-state index contributed by atoms with van der Waals surface area (Å²) in [5.41, 5.74) is 0. The van der Waals surface area contributed by atoms with Crippen LogP contribution in [0.3, 0.4) is 0 Å². The van der Waals surface area contributed by atoms with Crippen molar-refractivity contribution in [2.24, 2.45) is 0 Å². The lowest BCUT2D eigenvalue weighted by Crippen LogP contribution is -2.45. The summed E-state index contributed by atoms with van der Waals surface area (Å²) in [5.74, 6) is 1.36. The Morgan fingerprint density at radius 2 is 2.40 bits per heavy atom. The number of halogens is 1. The van der Waals surface area contributed by atoms with Gasteiger partial charge in [0.15, 0.2) is 0 Å². The van der Waals surface area contributed by atoms with Crippen LogP contribution >= 0.6 is 27.7 Å². The van der Waals surface area contributed by atoms with E-state index in [-0.39, 0.29) is 10.7 Å².